The number of benzene rings is 1. The van der Waals surface area contributed by atoms with Gasteiger partial charge in [-0.15, -0.1) is 20.4 Å². The fourth-order valence-electron chi connectivity index (χ4n) is 3.61. The largest absolute Gasteiger partial charge is 0.377 e. The van der Waals surface area contributed by atoms with Gasteiger partial charge in [0.15, 0.2) is 10.8 Å². The highest BCUT2D eigenvalue weighted by Gasteiger charge is 2.23. The van der Waals surface area contributed by atoms with E-state index < -0.39 is 0 Å². The van der Waals surface area contributed by atoms with Crippen LogP contribution in [-0.4, -0.2) is 43.1 Å². The lowest BCUT2D eigenvalue weighted by molar-refractivity contribution is -0.115. The number of pyridine rings is 1. The van der Waals surface area contributed by atoms with Gasteiger partial charge in [-0.05, 0) is 50.5 Å². The van der Waals surface area contributed by atoms with Crippen molar-refractivity contribution in [3.05, 3.63) is 39.9 Å². The molecule has 0 radical (unpaired) electrons. The third-order valence-electron chi connectivity index (χ3n) is 4.97. The number of amides is 1. The van der Waals surface area contributed by atoms with Gasteiger partial charge in [0.25, 0.3) is 0 Å². The maximum atomic E-state index is 12.9. The minimum atomic E-state index is -0.343. The summed E-state index contributed by atoms with van der Waals surface area (Å²) < 4.78 is 7.11. The molecular weight excluding hydrogens is 432 g/mol. The molecule has 0 fully saturated rings. The van der Waals surface area contributed by atoms with Crippen molar-refractivity contribution in [2.45, 2.75) is 51.1 Å². The van der Waals surface area contributed by atoms with Gasteiger partial charge in [-0.3, -0.25) is 14.5 Å². The molecule has 8 nitrogen and oxygen atoms in total. The SMILES string of the molecule is CCC(Sc1nnc2cc(C)c3cc(C)cc(C)c3n12)C(=O)Nc1nnc(COC)s1. The molecule has 31 heavy (non-hydrogen) atoms. The van der Waals surface area contributed by atoms with E-state index in [1.54, 1.807) is 7.11 Å². The fourth-order valence-corrected chi connectivity index (χ4v) is 5.29. The first-order valence-electron chi connectivity index (χ1n) is 9.95. The van der Waals surface area contributed by atoms with Crippen molar-refractivity contribution >= 4 is 50.7 Å². The number of hydrogen-bond donors (Lipinski definition) is 1. The molecule has 0 aliphatic carbocycles. The van der Waals surface area contributed by atoms with E-state index in [-0.39, 0.29) is 11.2 Å². The van der Waals surface area contributed by atoms with Gasteiger partial charge in [0.1, 0.15) is 11.6 Å². The summed E-state index contributed by atoms with van der Waals surface area (Å²) in [5.74, 6) is -0.131. The Morgan fingerprint density at radius 2 is 1.97 bits per heavy atom. The zero-order valence-corrected chi connectivity index (χ0v) is 19.7. The number of rotatable bonds is 7. The van der Waals surface area contributed by atoms with Crippen LogP contribution in [0, 0.1) is 20.8 Å². The molecule has 3 aromatic heterocycles. The third-order valence-corrected chi connectivity index (χ3v) is 7.09. The average Bonchev–Trinajstić information content (AvgIpc) is 3.33. The monoisotopic (exact) mass is 456 g/mol. The standard InChI is InChI=1S/C21H24N6O2S2/c1-6-15(19(28)22-20-25-24-17(31-20)10-29-5)30-21-26-23-16-9-12(3)14-8-11(2)7-13(4)18(14)27(16)21/h7-9,15H,6,10H2,1-5H3,(H,22,25,28). The Bertz CT molecular complexity index is 1270. The Kier molecular flexibility index (Phi) is 6.22. The second kappa shape index (κ2) is 8.89. The van der Waals surface area contributed by atoms with Gasteiger partial charge in [0.2, 0.25) is 11.0 Å². The number of aromatic nitrogens is 5. The third kappa shape index (κ3) is 4.28. The molecule has 10 heteroatoms. The second-order valence-corrected chi connectivity index (χ2v) is 9.65. The van der Waals surface area contributed by atoms with E-state index in [2.05, 4.69) is 63.0 Å². The summed E-state index contributed by atoms with van der Waals surface area (Å²) in [4.78, 5) is 12.9. The Labute approximate surface area is 188 Å². The number of anilines is 1. The summed E-state index contributed by atoms with van der Waals surface area (Å²) in [7, 11) is 1.60. The van der Waals surface area contributed by atoms with Crippen molar-refractivity contribution in [3.8, 4) is 0 Å². The molecule has 1 N–H and O–H groups in total. The highest BCUT2D eigenvalue weighted by molar-refractivity contribution is 8.00. The number of thioether (sulfide) groups is 1. The molecule has 162 valence electrons. The van der Waals surface area contributed by atoms with Crippen LogP contribution in [0.5, 0.6) is 0 Å². The number of carbonyl (C=O) groups is 1. The molecule has 0 aliphatic rings. The Balaban J connectivity index is 1.66. The van der Waals surface area contributed by atoms with Crippen molar-refractivity contribution in [1.29, 1.82) is 0 Å². The van der Waals surface area contributed by atoms with Crippen molar-refractivity contribution in [1.82, 2.24) is 24.8 Å². The van der Waals surface area contributed by atoms with Gasteiger partial charge in [-0.2, -0.15) is 0 Å². The highest BCUT2D eigenvalue weighted by Crippen LogP contribution is 2.32. The lowest BCUT2D eigenvalue weighted by Crippen LogP contribution is -2.24. The zero-order chi connectivity index (χ0) is 22.1. The van der Waals surface area contributed by atoms with Gasteiger partial charge in [-0.25, -0.2) is 0 Å². The molecule has 4 rings (SSSR count). The smallest absolute Gasteiger partial charge is 0.239 e. The van der Waals surface area contributed by atoms with E-state index in [0.717, 1.165) is 27.3 Å². The molecule has 0 aliphatic heterocycles. The van der Waals surface area contributed by atoms with Crippen LogP contribution in [0.1, 0.15) is 35.0 Å². The number of fused-ring (bicyclic) bond motifs is 3. The topological polar surface area (TPSA) is 94.3 Å². The molecule has 1 unspecified atom stereocenters. The summed E-state index contributed by atoms with van der Waals surface area (Å²) in [5, 5.41) is 22.4. The summed E-state index contributed by atoms with van der Waals surface area (Å²) in [6.07, 6.45) is 0.636. The number of nitrogens with zero attached hydrogens (tertiary/aromatic N) is 5. The molecule has 0 saturated heterocycles. The molecule has 0 spiro atoms. The Hall–Kier alpha value is -2.56. The first-order chi connectivity index (χ1) is 14.9. The van der Waals surface area contributed by atoms with E-state index in [9.17, 15) is 4.79 Å². The number of methoxy groups -OCH3 is 1. The Morgan fingerprint density at radius 1 is 1.16 bits per heavy atom. The molecule has 3 heterocycles. The summed E-state index contributed by atoms with van der Waals surface area (Å²) in [6.45, 7) is 8.63. The van der Waals surface area contributed by atoms with Crippen molar-refractivity contribution in [2.24, 2.45) is 0 Å². The van der Waals surface area contributed by atoms with Gasteiger partial charge in [-0.1, -0.05) is 41.7 Å². The predicted molar refractivity (Wildman–Crippen MR) is 124 cm³/mol. The molecule has 1 atom stereocenters. The van der Waals surface area contributed by atoms with Crippen molar-refractivity contribution in [3.63, 3.8) is 0 Å². The number of nitrogens with one attached hydrogen (secondary N) is 1. The van der Waals surface area contributed by atoms with E-state index in [0.29, 0.717) is 23.3 Å². The average molecular weight is 457 g/mol. The fraction of sp³-hybridized carbons (Fsp3) is 0.381. The van der Waals surface area contributed by atoms with Crippen LogP contribution in [0.3, 0.4) is 0 Å². The molecular formula is C21H24N6O2S2. The van der Waals surface area contributed by atoms with E-state index >= 15 is 0 Å². The minimum absolute atomic E-state index is 0.131. The molecule has 0 saturated carbocycles. The van der Waals surface area contributed by atoms with Crippen LogP contribution in [0.15, 0.2) is 23.4 Å². The quantitative estimate of drug-likeness (QED) is 0.414. The second-order valence-electron chi connectivity index (χ2n) is 7.42. The van der Waals surface area contributed by atoms with Gasteiger partial charge in [0, 0.05) is 12.5 Å². The molecule has 1 amide bonds. The number of carbonyl (C=O) groups excluding carboxylic acids is 1. The number of ether oxygens (including phenoxy) is 1. The number of hydrogen-bond acceptors (Lipinski definition) is 8. The van der Waals surface area contributed by atoms with Crippen LogP contribution >= 0.6 is 23.1 Å². The van der Waals surface area contributed by atoms with Crippen molar-refractivity contribution < 1.29 is 9.53 Å². The van der Waals surface area contributed by atoms with Gasteiger partial charge < -0.3 is 4.74 Å². The summed E-state index contributed by atoms with van der Waals surface area (Å²) in [5.41, 5.74) is 5.39. The van der Waals surface area contributed by atoms with E-state index in [1.807, 2.05) is 13.0 Å². The molecule has 1 aromatic carbocycles. The van der Waals surface area contributed by atoms with E-state index in [4.69, 9.17) is 4.74 Å². The highest BCUT2D eigenvalue weighted by atomic mass is 32.2. The number of aryl methyl sites for hydroxylation is 3. The molecule has 4 aromatic rings. The first-order valence-corrected chi connectivity index (χ1v) is 11.7. The van der Waals surface area contributed by atoms with Crippen LogP contribution in [0.2, 0.25) is 0 Å². The Morgan fingerprint density at radius 3 is 2.71 bits per heavy atom. The van der Waals surface area contributed by atoms with Gasteiger partial charge >= 0.3 is 0 Å². The van der Waals surface area contributed by atoms with Crippen LogP contribution in [-0.2, 0) is 16.1 Å². The minimum Gasteiger partial charge on any atom is -0.377 e. The van der Waals surface area contributed by atoms with Gasteiger partial charge in [0.05, 0.1) is 10.8 Å². The molecule has 0 bridgehead atoms. The normalized spacial score (nSPS) is 12.5. The van der Waals surface area contributed by atoms with Crippen molar-refractivity contribution in [2.75, 3.05) is 12.4 Å². The lowest BCUT2D eigenvalue weighted by Gasteiger charge is -2.14. The first kappa shape index (κ1) is 21.7. The lowest BCUT2D eigenvalue weighted by atomic mass is 10.0. The predicted octanol–water partition coefficient (Wildman–Crippen LogP) is 4.32. The summed E-state index contributed by atoms with van der Waals surface area (Å²) in [6, 6.07) is 6.38. The van der Waals surface area contributed by atoms with Crippen LogP contribution in [0.25, 0.3) is 16.6 Å². The summed E-state index contributed by atoms with van der Waals surface area (Å²) >= 11 is 2.72. The maximum Gasteiger partial charge on any atom is 0.239 e. The zero-order valence-electron chi connectivity index (χ0n) is 18.1. The van der Waals surface area contributed by atoms with Crippen LogP contribution < -0.4 is 5.32 Å². The maximum absolute atomic E-state index is 12.9. The van der Waals surface area contributed by atoms with Crippen LogP contribution in [0.4, 0.5) is 5.13 Å². The van der Waals surface area contributed by atoms with E-state index in [1.165, 1.54) is 34.0 Å².